The first-order valence-corrected chi connectivity index (χ1v) is 4.39. The number of anilines is 1. The van der Waals surface area contributed by atoms with Crippen LogP contribution in [0, 0.1) is 0 Å². The number of hydrogen-bond acceptors (Lipinski definition) is 3. The van der Waals surface area contributed by atoms with Crippen LogP contribution >= 0.6 is 0 Å². The highest BCUT2D eigenvalue weighted by Gasteiger charge is 2.13. The molecule has 2 rings (SSSR count). The smallest absolute Gasteiger partial charge is 0.181 e. The molecule has 0 radical (unpaired) electrons. The number of H-pyrrole nitrogens is 1. The monoisotopic (exact) mass is 179 g/mol. The van der Waals surface area contributed by atoms with Gasteiger partial charge in [0.05, 0.1) is 11.1 Å². The molecule has 0 bridgehead atoms. The fourth-order valence-electron chi connectivity index (χ4n) is 1.55. The summed E-state index contributed by atoms with van der Waals surface area (Å²) in [4.78, 5) is 0. The van der Waals surface area contributed by atoms with Gasteiger partial charge in [-0.1, -0.05) is 13.3 Å². The number of fused-ring (bicyclic) bond motifs is 1. The second-order valence-electron chi connectivity index (χ2n) is 3.16. The predicted octanol–water partition coefficient (Wildman–Crippen LogP) is 0.831. The van der Waals surface area contributed by atoms with Gasteiger partial charge in [-0.25, -0.2) is 4.68 Å². The van der Waals surface area contributed by atoms with Crippen LogP contribution in [0.25, 0.3) is 11.0 Å². The lowest BCUT2D eigenvalue weighted by Gasteiger charge is -1.91. The largest absolute Gasteiger partial charge is 0.383 e. The summed E-state index contributed by atoms with van der Waals surface area (Å²) in [7, 11) is 1.88. The fourth-order valence-corrected chi connectivity index (χ4v) is 1.55. The van der Waals surface area contributed by atoms with Crippen molar-refractivity contribution < 1.29 is 0 Å². The molecule has 0 aliphatic carbocycles. The van der Waals surface area contributed by atoms with Gasteiger partial charge in [0.2, 0.25) is 0 Å². The van der Waals surface area contributed by atoms with E-state index in [1.165, 1.54) is 0 Å². The summed E-state index contributed by atoms with van der Waals surface area (Å²) in [5.74, 6) is 0.617. The van der Waals surface area contributed by atoms with Crippen molar-refractivity contribution in [2.75, 3.05) is 5.73 Å². The Morgan fingerprint density at radius 3 is 3.00 bits per heavy atom. The first-order chi connectivity index (χ1) is 6.24. The molecule has 0 atom stereocenters. The third-order valence-corrected chi connectivity index (χ3v) is 2.13. The van der Waals surface area contributed by atoms with Gasteiger partial charge in [0, 0.05) is 7.05 Å². The molecular formula is C8H13N5. The Morgan fingerprint density at radius 2 is 2.31 bits per heavy atom. The van der Waals surface area contributed by atoms with Crippen LogP contribution in [0.3, 0.4) is 0 Å². The summed E-state index contributed by atoms with van der Waals surface area (Å²) in [5, 5.41) is 12.2. The van der Waals surface area contributed by atoms with Crippen molar-refractivity contribution >= 4 is 16.9 Å². The van der Waals surface area contributed by atoms with Gasteiger partial charge in [-0.15, -0.1) is 0 Å². The highest BCUT2D eigenvalue weighted by molar-refractivity contribution is 5.88. The third kappa shape index (κ3) is 1.07. The average Bonchev–Trinajstić information content (AvgIpc) is 2.58. The maximum atomic E-state index is 5.75. The van der Waals surface area contributed by atoms with Gasteiger partial charge in [0.25, 0.3) is 0 Å². The maximum absolute atomic E-state index is 5.75. The summed E-state index contributed by atoms with van der Waals surface area (Å²) in [6, 6.07) is 0. The highest BCUT2D eigenvalue weighted by Crippen LogP contribution is 2.22. The zero-order valence-electron chi connectivity index (χ0n) is 7.83. The molecule has 5 nitrogen and oxygen atoms in total. The van der Waals surface area contributed by atoms with Gasteiger partial charge in [0.15, 0.2) is 5.65 Å². The minimum atomic E-state index is 0.617. The topological polar surface area (TPSA) is 72.5 Å². The van der Waals surface area contributed by atoms with Crippen LogP contribution in [0.4, 0.5) is 5.82 Å². The van der Waals surface area contributed by atoms with Gasteiger partial charge < -0.3 is 5.73 Å². The Labute approximate surface area is 75.9 Å². The predicted molar refractivity (Wildman–Crippen MR) is 51.3 cm³/mol. The average molecular weight is 179 g/mol. The summed E-state index contributed by atoms with van der Waals surface area (Å²) in [6.07, 6.45) is 2.01. The van der Waals surface area contributed by atoms with Crippen LogP contribution in [-0.2, 0) is 13.5 Å². The summed E-state index contributed by atoms with van der Waals surface area (Å²) in [5.41, 5.74) is 7.62. The first-order valence-electron chi connectivity index (χ1n) is 4.39. The van der Waals surface area contributed by atoms with Gasteiger partial charge in [0.1, 0.15) is 5.82 Å². The molecule has 0 unspecified atom stereocenters. The number of aryl methyl sites for hydroxylation is 2. The standard InChI is InChI=1S/C8H13N5/c1-3-4-5-6-7(9)10-11-8(6)13(2)12-5/h3-4H2,1-2H3,(H3,9,10,11). The Hall–Kier alpha value is -1.52. The van der Waals surface area contributed by atoms with Crippen LogP contribution in [0.15, 0.2) is 0 Å². The van der Waals surface area contributed by atoms with Crippen LogP contribution in [-0.4, -0.2) is 20.0 Å². The van der Waals surface area contributed by atoms with Gasteiger partial charge >= 0.3 is 0 Å². The van der Waals surface area contributed by atoms with Crippen LogP contribution in [0.2, 0.25) is 0 Å². The van der Waals surface area contributed by atoms with E-state index >= 15 is 0 Å². The SMILES string of the molecule is CCCc1nn(C)c2n[nH]c(N)c12. The van der Waals surface area contributed by atoms with E-state index < -0.39 is 0 Å². The summed E-state index contributed by atoms with van der Waals surface area (Å²) >= 11 is 0. The minimum Gasteiger partial charge on any atom is -0.383 e. The Kier molecular flexibility index (Phi) is 1.72. The van der Waals surface area contributed by atoms with E-state index in [0.29, 0.717) is 5.82 Å². The second-order valence-corrected chi connectivity index (χ2v) is 3.16. The van der Waals surface area contributed by atoms with Crippen molar-refractivity contribution in [1.82, 2.24) is 20.0 Å². The molecule has 0 aliphatic rings. The molecule has 0 aliphatic heterocycles. The molecule has 0 amide bonds. The van der Waals surface area contributed by atoms with Crippen LogP contribution in [0.5, 0.6) is 0 Å². The molecule has 0 saturated heterocycles. The molecule has 0 fully saturated rings. The third-order valence-electron chi connectivity index (χ3n) is 2.13. The lowest BCUT2D eigenvalue weighted by Crippen LogP contribution is -1.94. The zero-order valence-corrected chi connectivity index (χ0v) is 7.83. The zero-order chi connectivity index (χ0) is 9.42. The minimum absolute atomic E-state index is 0.617. The van der Waals surface area contributed by atoms with E-state index in [1.807, 2.05) is 7.05 Å². The number of nitrogen functional groups attached to an aromatic ring is 1. The Balaban J connectivity index is 2.66. The van der Waals surface area contributed by atoms with Crippen LogP contribution in [0.1, 0.15) is 19.0 Å². The van der Waals surface area contributed by atoms with Gasteiger partial charge in [-0.2, -0.15) is 10.2 Å². The van der Waals surface area contributed by atoms with E-state index in [-0.39, 0.29) is 0 Å². The lowest BCUT2D eigenvalue weighted by molar-refractivity contribution is 0.741. The number of nitrogens with zero attached hydrogens (tertiary/aromatic N) is 3. The van der Waals surface area contributed by atoms with Crippen molar-refractivity contribution in [3.8, 4) is 0 Å². The van der Waals surface area contributed by atoms with Gasteiger partial charge in [-0.05, 0) is 6.42 Å². The van der Waals surface area contributed by atoms with Gasteiger partial charge in [-0.3, -0.25) is 5.10 Å². The number of aromatic amines is 1. The number of aromatic nitrogens is 4. The molecular weight excluding hydrogens is 166 g/mol. The van der Waals surface area contributed by atoms with Crippen LogP contribution < -0.4 is 5.73 Å². The molecule has 0 aromatic carbocycles. The maximum Gasteiger partial charge on any atom is 0.181 e. The normalized spacial score (nSPS) is 11.2. The lowest BCUT2D eigenvalue weighted by atomic mass is 10.2. The quantitative estimate of drug-likeness (QED) is 0.717. The molecule has 70 valence electrons. The van der Waals surface area contributed by atoms with Crippen molar-refractivity contribution in [3.63, 3.8) is 0 Å². The molecule has 2 aromatic heterocycles. The van der Waals surface area contributed by atoms with E-state index in [9.17, 15) is 0 Å². The first kappa shape index (κ1) is 8.10. The Morgan fingerprint density at radius 1 is 1.54 bits per heavy atom. The molecule has 0 spiro atoms. The van der Waals surface area contributed by atoms with E-state index in [0.717, 1.165) is 29.6 Å². The molecule has 2 heterocycles. The highest BCUT2D eigenvalue weighted by atomic mass is 15.3. The number of nitrogens with two attached hydrogens (primary N) is 1. The Bertz CT molecular complexity index is 425. The van der Waals surface area contributed by atoms with Crippen molar-refractivity contribution in [3.05, 3.63) is 5.69 Å². The number of rotatable bonds is 2. The van der Waals surface area contributed by atoms with E-state index in [1.54, 1.807) is 4.68 Å². The van der Waals surface area contributed by atoms with Crippen molar-refractivity contribution in [2.24, 2.45) is 7.05 Å². The molecule has 2 aromatic rings. The van der Waals surface area contributed by atoms with E-state index in [2.05, 4.69) is 22.2 Å². The molecule has 5 heteroatoms. The fraction of sp³-hybridized carbons (Fsp3) is 0.500. The summed E-state index contributed by atoms with van der Waals surface area (Å²) in [6.45, 7) is 2.12. The molecule has 3 N–H and O–H groups in total. The second kappa shape index (κ2) is 2.76. The number of nitrogens with one attached hydrogen (secondary N) is 1. The van der Waals surface area contributed by atoms with Crippen molar-refractivity contribution in [2.45, 2.75) is 19.8 Å². The van der Waals surface area contributed by atoms with Crippen molar-refractivity contribution in [1.29, 1.82) is 0 Å². The molecule has 13 heavy (non-hydrogen) atoms. The number of hydrogen-bond donors (Lipinski definition) is 2. The molecule has 0 saturated carbocycles. The summed E-state index contributed by atoms with van der Waals surface area (Å²) < 4.78 is 1.76. The van der Waals surface area contributed by atoms with E-state index in [4.69, 9.17) is 5.73 Å².